The van der Waals surface area contributed by atoms with E-state index in [1.165, 1.54) is 19.2 Å². The van der Waals surface area contributed by atoms with Crippen molar-refractivity contribution in [2.75, 3.05) is 13.7 Å². The molecule has 0 radical (unpaired) electrons. The van der Waals surface area contributed by atoms with Crippen LogP contribution in [0, 0.1) is 0 Å². The number of hydrogen-bond acceptors (Lipinski definition) is 6. The number of pyridine rings is 1. The number of nitrogens with zero attached hydrogens (tertiary/aromatic N) is 1. The van der Waals surface area contributed by atoms with Crippen LogP contribution in [-0.4, -0.2) is 30.6 Å². The van der Waals surface area contributed by atoms with Gasteiger partial charge in [0.25, 0.3) is 0 Å². The first-order valence-electron chi connectivity index (χ1n) is 6.57. The molecule has 0 aliphatic rings. The molecular formula is C16H15NO5. The molecule has 6 nitrogen and oxygen atoms in total. The van der Waals surface area contributed by atoms with E-state index in [2.05, 4.69) is 9.72 Å². The van der Waals surface area contributed by atoms with Gasteiger partial charge in [0, 0.05) is 6.07 Å². The highest BCUT2D eigenvalue weighted by molar-refractivity contribution is 5.87. The van der Waals surface area contributed by atoms with Crippen LogP contribution < -0.4 is 4.74 Å². The number of ether oxygens (including phenoxy) is 3. The van der Waals surface area contributed by atoms with E-state index in [1.807, 2.05) is 30.3 Å². The molecule has 6 heteroatoms. The van der Waals surface area contributed by atoms with Crippen LogP contribution in [0.25, 0.3) is 0 Å². The second-order valence-corrected chi connectivity index (χ2v) is 4.29. The van der Waals surface area contributed by atoms with E-state index in [-0.39, 0.29) is 24.8 Å². The summed E-state index contributed by atoms with van der Waals surface area (Å²) in [5.74, 6) is -0.939. The summed E-state index contributed by atoms with van der Waals surface area (Å²) in [7, 11) is 1.26. The van der Waals surface area contributed by atoms with Gasteiger partial charge in [-0.3, -0.25) is 0 Å². The Hall–Kier alpha value is -2.89. The maximum atomic E-state index is 11.9. The van der Waals surface area contributed by atoms with Crippen LogP contribution in [-0.2, 0) is 20.9 Å². The molecule has 2 aromatic rings. The van der Waals surface area contributed by atoms with Crippen LogP contribution in [0.2, 0.25) is 0 Å². The molecule has 0 bridgehead atoms. The standard InChI is InChI=1S/C16H15NO5/c1-20-15(18)11-21-14-9-5-8-13(17-14)16(19)22-10-12-6-3-2-4-7-12/h2-9H,10-11H2,1H3. The zero-order valence-electron chi connectivity index (χ0n) is 12.0. The zero-order chi connectivity index (χ0) is 15.8. The van der Waals surface area contributed by atoms with Crippen molar-refractivity contribution in [3.8, 4) is 5.88 Å². The molecule has 0 atom stereocenters. The minimum absolute atomic E-state index is 0.110. The Morgan fingerprint density at radius 3 is 2.55 bits per heavy atom. The van der Waals surface area contributed by atoms with Crippen LogP contribution in [0.1, 0.15) is 16.1 Å². The summed E-state index contributed by atoms with van der Waals surface area (Å²) >= 11 is 0. The maximum absolute atomic E-state index is 11.9. The number of benzene rings is 1. The summed E-state index contributed by atoms with van der Waals surface area (Å²) in [4.78, 5) is 26.9. The normalized spacial score (nSPS) is 9.86. The molecule has 0 spiro atoms. The molecule has 0 unspecified atom stereocenters. The van der Waals surface area contributed by atoms with Crippen LogP contribution in [0.15, 0.2) is 48.5 Å². The molecule has 0 N–H and O–H groups in total. The van der Waals surface area contributed by atoms with Gasteiger partial charge >= 0.3 is 11.9 Å². The third-order valence-corrected chi connectivity index (χ3v) is 2.71. The van der Waals surface area contributed by atoms with Crippen molar-refractivity contribution >= 4 is 11.9 Å². The van der Waals surface area contributed by atoms with Gasteiger partial charge in [-0.1, -0.05) is 36.4 Å². The van der Waals surface area contributed by atoms with Gasteiger partial charge in [0.05, 0.1) is 7.11 Å². The summed E-state index contributed by atoms with van der Waals surface area (Å²) in [5, 5.41) is 0. The first-order valence-corrected chi connectivity index (χ1v) is 6.57. The van der Waals surface area contributed by atoms with Gasteiger partial charge in [0.2, 0.25) is 5.88 Å². The summed E-state index contributed by atoms with van der Waals surface area (Å²) in [6, 6.07) is 14.0. The summed E-state index contributed by atoms with van der Waals surface area (Å²) in [6.45, 7) is -0.111. The number of esters is 2. The maximum Gasteiger partial charge on any atom is 0.357 e. The number of carbonyl (C=O) groups is 2. The lowest BCUT2D eigenvalue weighted by Gasteiger charge is -2.07. The Morgan fingerprint density at radius 2 is 1.82 bits per heavy atom. The molecule has 0 fully saturated rings. The lowest BCUT2D eigenvalue weighted by Crippen LogP contribution is -2.14. The third kappa shape index (κ3) is 4.59. The van der Waals surface area contributed by atoms with E-state index in [9.17, 15) is 9.59 Å². The van der Waals surface area contributed by atoms with Crippen LogP contribution >= 0.6 is 0 Å². The van der Waals surface area contributed by atoms with E-state index < -0.39 is 11.9 Å². The van der Waals surface area contributed by atoms with Crippen molar-refractivity contribution in [2.24, 2.45) is 0 Å². The molecule has 22 heavy (non-hydrogen) atoms. The average Bonchev–Trinajstić information content (AvgIpc) is 2.58. The quantitative estimate of drug-likeness (QED) is 0.760. The predicted octanol–water partition coefficient (Wildman–Crippen LogP) is 1.99. The Labute approximate surface area is 127 Å². The van der Waals surface area contributed by atoms with Crippen LogP contribution in [0.4, 0.5) is 0 Å². The molecule has 2 rings (SSSR count). The van der Waals surface area contributed by atoms with Gasteiger partial charge in [-0.05, 0) is 11.6 Å². The fourth-order valence-corrected chi connectivity index (χ4v) is 1.60. The Kier molecular flexibility index (Phi) is 5.48. The number of carbonyl (C=O) groups excluding carboxylic acids is 2. The molecule has 0 saturated carbocycles. The monoisotopic (exact) mass is 301 g/mol. The van der Waals surface area contributed by atoms with Gasteiger partial charge in [-0.15, -0.1) is 0 Å². The average molecular weight is 301 g/mol. The van der Waals surface area contributed by atoms with Crippen molar-refractivity contribution in [1.82, 2.24) is 4.98 Å². The van der Waals surface area contributed by atoms with Gasteiger partial charge < -0.3 is 14.2 Å². The number of aromatic nitrogens is 1. The van der Waals surface area contributed by atoms with E-state index in [0.717, 1.165) is 5.56 Å². The molecule has 1 aromatic heterocycles. The van der Waals surface area contributed by atoms with Gasteiger partial charge in [0.1, 0.15) is 6.61 Å². The highest BCUT2D eigenvalue weighted by Gasteiger charge is 2.11. The largest absolute Gasteiger partial charge is 0.466 e. The van der Waals surface area contributed by atoms with Gasteiger partial charge in [-0.25, -0.2) is 14.6 Å². The molecule has 114 valence electrons. The Balaban J connectivity index is 1.93. The Morgan fingerprint density at radius 1 is 1.05 bits per heavy atom. The van der Waals surface area contributed by atoms with Crippen LogP contribution in [0.5, 0.6) is 5.88 Å². The van der Waals surface area contributed by atoms with Crippen molar-refractivity contribution < 1.29 is 23.8 Å². The van der Waals surface area contributed by atoms with E-state index >= 15 is 0 Å². The van der Waals surface area contributed by atoms with Gasteiger partial charge in [0.15, 0.2) is 12.3 Å². The van der Waals surface area contributed by atoms with Crippen molar-refractivity contribution in [1.29, 1.82) is 0 Å². The van der Waals surface area contributed by atoms with Crippen molar-refractivity contribution in [2.45, 2.75) is 6.61 Å². The molecule has 1 aromatic carbocycles. The number of rotatable bonds is 6. The number of methoxy groups -OCH3 is 1. The Bertz CT molecular complexity index is 642. The lowest BCUT2D eigenvalue weighted by atomic mass is 10.2. The second-order valence-electron chi connectivity index (χ2n) is 4.29. The third-order valence-electron chi connectivity index (χ3n) is 2.71. The predicted molar refractivity (Wildman–Crippen MR) is 77.3 cm³/mol. The molecule has 0 aliphatic heterocycles. The fourth-order valence-electron chi connectivity index (χ4n) is 1.60. The number of hydrogen-bond donors (Lipinski definition) is 0. The lowest BCUT2D eigenvalue weighted by molar-refractivity contribution is -0.143. The van der Waals surface area contributed by atoms with E-state index in [4.69, 9.17) is 9.47 Å². The van der Waals surface area contributed by atoms with E-state index in [0.29, 0.717) is 0 Å². The molecule has 0 saturated heterocycles. The molecular weight excluding hydrogens is 286 g/mol. The first kappa shape index (κ1) is 15.5. The molecule has 0 aliphatic carbocycles. The molecule has 1 heterocycles. The minimum Gasteiger partial charge on any atom is -0.466 e. The fraction of sp³-hybridized carbons (Fsp3) is 0.188. The van der Waals surface area contributed by atoms with Crippen molar-refractivity contribution in [3.63, 3.8) is 0 Å². The smallest absolute Gasteiger partial charge is 0.357 e. The second kappa shape index (κ2) is 7.78. The highest BCUT2D eigenvalue weighted by atomic mass is 16.6. The SMILES string of the molecule is COC(=O)COc1cccc(C(=O)OCc2ccccc2)n1. The molecule has 0 amide bonds. The summed E-state index contributed by atoms with van der Waals surface area (Å²) < 4.78 is 14.7. The van der Waals surface area contributed by atoms with E-state index in [1.54, 1.807) is 6.07 Å². The summed E-state index contributed by atoms with van der Waals surface area (Å²) in [5.41, 5.74) is 0.993. The zero-order valence-corrected chi connectivity index (χ0v) is 12.0. The van der Waals surface area contributed by atoms with Crippen LogP contribution in [0.3, 0.4) is 0 Å². The summed E-state index contributed by atoms with van der Waals surface area (Å²) in [6.07, 6.45) is 0. The first-order chi connectivity index (χ1) is 10.7. The topological polar surface area (TPSA) is 74.7 Å². The van der Waals surface area contributed by atoms with Gasteiger partial charge in [-0.2, -0.15) is 0 Å². The van der Waals surface area contributed by atoms with Crippen molar-refractivity contribution in [3.05, 3.63) is 59.8 Å². The minimum atomic E-state index is -0.563. The highest BCUT2D eigenvalue weighted by Crippen LogP contribution is 2.10.